The highest BCUT2D eigenvalue weighted by Gasteiger charge is 2.35. The first kappa shape index (κ1) is 32.6. The number of hydrogen-bond donors (Lipinski definition) is 0. The van der Waals surface area contributed by atoms with E-state index in [2.05, 4.69) is 0 Å². The zero-order valence-electron chi connectivity index (χ0n) is 25.2. The maximum absolute atomic E-state index is 14.2. The van der Waals surface area contributed by atoms with E-state index in [4.69, 9.17) is 54.0 Å². The molecular weight excluding hydrogens is 679 g/mol. The normalized spacial score (nSPS) is 14.4. The third-order valence-electron chi connectivity index (χ3n) is 7.41. The second-order valence-electron chi connectivity index (χ2n) is 10.4. The van der Waals surface area contributed by atoms with Crippen molar-refractivity contribution in [1.82, 2.24) is 4.57 Å². The number of methoxy groups -OCH3 is 1. The molecule has 0 saturated carbocycles. The summed E-state index contributed by atoms with van der Waals surface area (Å²) in [4.78, 5) is 33.1. The van der Waals surface area contributed by atoms with Gasteiger partial charge >= 0.3 is 5.97 Å². The van der Waals surface area contributed by atoms with Crippen LogP contribution in [0.1, 0.15) is 35.2 Å². The van der Waals surface area contributed by atoms with Crippen LogP contribution in [0.15, 0.2) is 106 Å². The molecule has 0 radical (unpaired) electrons. The summed E-state index contributed by atoms with van der Waals surface area (Å²) in [6.45, 7) is 2.10. The second kappa shape index (κ2) is 14.2. The molecule has 0 fully saturated rings. The van der Waals surface area contributed by atoms with Gasteiger partial charge in [-0.25, -0.2) is 9.79 Å². The van der Waals surface area contributed by atoms with Gasteiger partial charge in [-0.3, -0.25) is 9.36 Å². The SMILES string of the molecule is CCOC(=O)C1=C(c2ccccc2)N=c2s/c(=C\c3cc(Cl)c(OCc4ccc(Cl)c(Cl)c4)c(OC)c3)c(=O)n2[C@@H]1c1ccccc1. The number of esters is 1. The van der Waals surface area contributed by atoms with Gasteiger partial charge in [0.25, 0.3) is 5.56 Å². The van der Waals surface area contributed by atoms with E-state index in [0.29, 0.717) is 47.2 Å². The lowest BCUT2D eigenvalue weighted by Gasteiger charge is -2.25. The van der Waals surface area contributed by atoms with Gasteiger partial charge in [-0.2, -0.15) is 0 Å². The van der Waals surface area contributed by atoms with Gasteiger partial charge in [0, 0.05) is 5.56 Å². The van der Waals surface area contributed by atoms with E-state index in [-0.39, 0.29) is 24.3 Å². The summed E-state index contributed by atoms with van der Waals surface area (Å²) in [7, 11) is 1.51. The van der Waals surface area contributed by atoms with Crippen LogP contribution in [0.25, 0.3) is 11.8 Å². The van der Waals surface area contributed by atoms with Crippen LogP contribution in [0.5, 0.6) is 11.5 Å². The Morgan fingerprint density at radius 3 is 2.34 bits per heavy atom. The number of thiazole rings is 1. The van der Waals surface area contributed by atoms with Crippen molar-refractivity contribution < 1.29 is 19.0 Å². The van der Waals surface area contributed by atoms with Crippen molar-refractivity contribution >= 4 is 63.9 Å². The molecule has 0 saturated heterocycles. The molecule has 0 amide bonds. The standard InChI is InChI=1S/C36H27Cl3N2O5S/c1-3-45-35(43)30-31(23-10-6-4-7-11-23)40-36-41(32(30)24-12-8-5-9-13-24)34(42)29(47-36)19-22-17-27(39)33(28(18-22)44-2)46-20-21-14-15-25(37)26(38)16-21/h4-19,32H,3,20H2,1-2H3/b29-19-/t32-/m1/s1. The van der Waals surface area contributed by atoms with Crippen LogP contribution in [-0.2, 0) is 16.1 Å². The van der Waals surface area contributed by atoms with Gasteiger partial charge in [0.2, 0.25) is 0 Å². The minimum atomic E-state index is -0.765. The highest BCUT2D eigenvalue weighted by atomic mass is 35.5. The van der Waals surface area contributed by atoms with Gasteiger partial charge in [0.1, 0.15) is 6.61 Å². The number of hydrogen-bond acceptors (Lipinski definition) is 7. The Bertz CT molecular complexity index is 2180. The Morgan fingerprint density at radius 1 is 0.936 bits per heavy atom. The summed E-state index contributed by atoms with van der Waals surface area (Å²) in [6.07, 6.45) is 1.72. The van der Waals surface area contributed by atoms with E-state index in [1.807, 2.05) is 66.7 Å². The minimum Gasteiger partial charge on any atom is -0.493 e. The number of ether oxygens (including phenoxy) is 3. The predicted molar refractivity (Wildman–Crippen MR) is 186 cm³/mol. The number of benzene rings is 4. The van der Waals surface area contributed by atoms with Crippen LogP contribution in [0, 0.1) is 0 Å². The Balaban J connectivity index is 1.47. The van der Waals surface area contributed by atoms with Crippen molar-refractivity contribution in [2.45, 2.75) is 19.6 Å². The molecule has 1 atom stereocenters. The van der Waals surface area contributed by atoms with Crippen LogP contribution >= 0.6 is 46.1 Å². The van der Waals surface area contributed by atoms with Crippen LogP contribution in [0.3, 0.4) is 0 Å². The van der Waals surface area contributed by atoms with E-state index < -0.39 is 12.0 Å². The molecule has 0 bridgehead atoms. The number of carbonyl (C=O) groups excluding carboxylic acids is 1. The lowest BCUT2D eigenvalue weighted by atomic mass is 9.93. The van der Waals surface area contributed by atoms with Gasteiger partial charge in [0.05, 0.1) is 50.6 Å². The number of nitrogens with zero attached hydrogens (tertiary/aromatic N) is 2. The molecule has 238 valence electrons. The first-order valence-electron chi connectivity index (χ1n) is 14.6. The quantitative estimate of drug-likeness (QED) is 0.149. The average molecular weight is 706 g/mol. The van der Waals surface area contributed by atoms with Crippen molar-refractivity contribution in [2.75, 3.05) is 13.7 Å². The van der Waals surface area contributed by atoms with Crippen molar-refractivity contribution in [2.24, 2.45) is 4.99 Å². The number of carbonyl (C=O) groups is 1. The fourth-order valence-corrected chi connectivity index (χ4v) is 6.89. The maximum Gasteiger partial charge on any atom is 0.338 e. The van der Waals surface area contributed by atoms with Gasteiger partial charge in [-0.15, -0.1) is 0 Å². The van der Waals surface area contributed by atoms with E-state index in [9.17, 15) is 9.59 Å². The van der Waals surface area contributed by atoms with Crippen molar-refractivity contribution in [1.29, 1.82) is 0 Å². The van der Waals surface area contributed by atoms with Crippen molar-refractivity contribution in [3.63, 3.8) is 0 Å². The molecule has 0 spiro atoms. The predicted octanol–water partition coefficient (Wildman–Crippen LogP) is 7.48. The fourth-order valence-electron chi connectivity index (χ4n) is 5.29. The van der Waals surface area contributed by atoms with E-state index in [1.165, 1.54) is 18.4 Å². The molecule has 0 aliphatic carbocycles. The maximum atomic E-state index is 14.2. The molecular formula is C36H27Cl3N2O5S. The van der Waals surface area contributed by atoms with Crippen LogP contribution in [-0.4, -0.2) is 24.3 Å². The highest BCUT2D eigenvalue weighted by Crippen LogP contribution is 2.38. The van der Waals surface area contributed by atoms with Crippen LogP contribution in [0.4, 0.5) is 0 Å². The molecule has 1 aliphatic heterocycles. The van der Waals surface area contributed by atoms with Crippen LogP contribution in [0.2, 0.25) is 15.1 Å². The first-order chi connectivity index (χ1) is 22.8. The third kappa shape index (κ3) is 6.73. The average Bonchev–Trinajstić information content (AvgIpc) is 3.39. The highest BCUT2D eigenvalue weighted by molar-refractivity contribution is 7.07. The Hall–Kier alpha value is -4.34. The van der Waals surface area contributed by atoms with Gasteiger partial charge in [-0.05, 0) is 54.0 Å². The third-order valence-corrected chi connectivity index (χ3v) is 9.41. The monoisotopic (exact) mass is 704 g/mol. The molecule has 11 heteroatoms. The molecule has 0 N–H and O–H groups in total. The minimum absolute atomic E-state index is 0.173. The van der Waals surface area contributed by atoms with Crippen LogP contribution < -0.4 is 24.4 Å². The molecule has 1 aliphatic rings. The van der Waals surface area contributed by atoms with Gasteiger partial charge in [-0.1, -0.05) is 113 Å². The molecule has 1 aromatic heterocycles. The molecule has 4 aromatic carbocycles. The zero-order chi connectivity index (χ0) is 33.1. The fraction of sp³-hybridized carbons (Fsp3) is 0.139. The number of rotatable bonds is 9. The molecule has 0 unspecified atom stereocenters. The molecule has 7 nitrogen and oxygen atoms in total. The lowest BCUT2D eigenvalue weighted by Crippen LogP contribution is -2.39. The first-order valence-corrected chi connectivity index (χ1v) is 16.5. The van der Waals surface area contributed by atoms with Gasteiger partial charge < -0.3 is 14.2 Å². The Morgan fingerprint density at radius 2 is 1.66 bits per heavy atom. The summed E-state index contributed by atoms with van der Waals surface area (Å²) in [5, 5.41) is 1.16. The summed E-state index contributed by atoms with van der Waals surface area (Å²) in [5.41, 5.74) is 3.33. The molecule has 47 heavy (non-hydrogen) atoms. The molecule has 6 rings (SSSR count). The number of halogens is 3. The van der Waals surface area contributed by atoms with Crippen molar-refractivity contribution in [3.05, 3.63) is 154 Å². The van der Waals surface area contributed by atoms with E-state index in [0.717, 1.165) is 16.7 Å². The lowest BCUT2D eigenvalue weighted by molar-refractivity contribution is -0.138. The topological polar surface area (TPSA) is 79.1 Å². The summed E-state index contributed by atoms with van der Waals surface area (Å²) in [6, 6.07) is 26.7. The smallest absolute Gasteiger partial charge is 0.338 e. The summed E-state index contributed by atoms with van der Waals surface area (Å²) < 4.78 is 19.1. The summed E-state index contributed by atoms with van der Waals surface area (Å²) >= 11 is 20.1. The second-order valence-corrected chi connectivity index (χ2v) is 12.6. The number of fused-ring (bicyclic) bond motifs is 1. The molecule has 5 aromatic rings. The molecule has 2 heterocycles. The van der Waals surface area contributed by atoms with Crippen molar-refractivity contribution in [3.8, 4) is 11.5 Å². The van der Waals surface area contributed by atoms with E-state index in [1.54, 1.807) is 41.8 Å². The zero-order valence-corrected chi connectivity index (χ0v) is 28.3. The van der Waals surface area contributed by atoms with E-state index >= 15 is 0 Å². The largest absolute Gasteiger partial charge is 0.493 e. The number of aromatic nitrogens is 1. The Kier molecular flexibility index (Phi) is 9.84. The summed E-state index contributed by atoms with van der Waals surface area (Å²) in [5.74, 6) is 0.190. The Labute approximate surface area is 289 Å². The van der Waals surface area contributed by atoms with Gasteiger partial charge in [0.15, 0.2) is 16.3 Å².